The van der Waals surface area contributed by atoms with Gasteiger partial charge in [0.2, 0.25) is 0 Å². The van der Waals surface area contributed by atoms with Crippen LogP contribution in [0.2, 0.25) is 0 Å². The average Bonchev–Trinajstić information content (AvgIpc) is 3.23. The van der Waals surface area contributed by atoms with Crippen LogP contribution in [0.5, 0.6) is 0 Å². The van der Waals surface area contributed by atoms with Crippen molar-refractivity contribution in [3.05, 3.63) is 0 Å². The summed E-state index contributed by atoms with van der Waals surface area (Å²) in [6, 6.07) is 0. The Morgan fingerprint density at radius 2 is 0.574 bits per heavy atom. The van der Waals surface area contributed by atoms with Crippen LogP contribution < -0.4 is 0 Å². The van der Waals surface area contributed by atoms with Gasteiger partial charge < -0.3 is 14.2 Å². The van der Waals surface area contributed by atoms with Crippen molar-refractivity contribution in [3.63, 3.8) is 0 Å². The van der Waals surface area contributed by atoms with Gasteiger partial charge in [-0.25, -0.2) is 0 Å². The lowest BCUT2D eigenvalue weighted by atomic mass is 9.99. The van der Waals surface area contributed by atoms with E-state index < -0.39 is 6.10 Å². The van der Waals surface area contributed by atoms with Crippen LogP contribution in [0.4, 0.5) is 0 Å². The molecule has 0 aliphatic heterocycles. The maximum atomic E-state index is 12.8. The monoisotopic (exact) mass is 863 g/mol. The van der Waals surface area contributed by atoms with Crippen molar-refractivity contribution in [2.24, 2.45) is 17.8 Å². The first kappa shape index (κ1) is 59.4. The van der Waals surface area contributed by atoms with E-state index in [2.05, 4.69) is 41.5 Å². The van der Waals surface area contributed by atoms with Gasteiger partial charge in [-0.1, -0.05) is 260 Å². The number of hydrogen-bond acceptors (Lipinski definition) is 6. The van der Waals surface area contributed by atoms with Gasteiger partial charge >= 0.3 is 17.9 Å². The third kappa shape index (κ3) is 47.7. The van der Waals surface area contributed by atoms with E-state index in [1.54, 1.807) is 0 Å². The Morgan fingerprint density at radius 1 is 0.328 bits per heavy atom. The Labute approximate surface area is 380 Å². The van der Waals surface area contributed by atoms with E-state index in [-0.39, 0.29) is 31.1 Å². The number of hydrogen-bond donors (Lipinski definition) is 0. The van der Waals surface area contributed by atoms with Crippen molar-refractivity contribution in [1.82, 2.24) is 0 Å². The normalized spacial score (nSPS) is 12.6. The Balaban J connectivity index is 4.26. The van der Waals surface area contributed by atoms with E-state index in [4.69, 9.17) is 14.2 Å². The maximum absolute atomic E-state index is 12.8. The molecular formula is C55H106O6. The number of esters is 3. The summed E-state index contributed by atoms with van der Waals surface area (Å²) in [5.74, 6) is 1.65. The number of carbonyl (C=O) groups is 3. The quantitative estimate of drug-likeness (QED) is 0.0344. The van der Waals surface area contributed by atoms with Crippen LogP contribution in [-0.2, 0) is 28.6 Å². The lowest BCUT2D eigenvalue weighted by Gasteiger charge is -2.18. The molecule has 0 heterocycles. The Bertz CT molecular complexity index is 947. The number of carbonyl (C=O) groups excluding carboxylic acids is 3. The molecule has 0 fully saturated rings. The topological polar surface area (TPSA) is 78.9 Å². The van der Waals surface area contributed by atoms with Crippen LogP contribution in [0, 0.1) is 17.8 Å². The first-order chi connectivity index (χ1) is 29.6. The van der Waals surface area contributed by atoms with Crippen LogP contribution in [0.3, 0.4) is 0 Å². The van der Waals surface area contributed by atoms with Crippen LogP contribution in [-0.4, -0.2) is 37.2 Å². The zero-order valence-corrected chi connectivity index (χ0v) is 42.0. The molecule has 0 saturated heterocycles. The molecule has 0 radical (unpaired) electrons. The minimum atomic E-state index is -0.763. The highest BCUT2D eigenvalue weighted by atomic mass is 16.6. The molecule has 0 saturated carbocycles. The summed E-state index contributed by atoms with van der Waals surface area (Å²) in [7, 11) is 0. The molecule has 0 aromatic heterocycles. The van der Waals surface area contributed by atoms with Crippen LogP contribution in [0.15, 0.2) is 0 Å². The van der Waals surface area contributed by atoms with Gasteiger partial charge in [0.25, 0.3) is 0 Å². The fourth-order valence-electron chi connectivity index (χ4n) is 8.26. The standard InChI is InChI=1S/C55H106O6/c1-7-51(6)43-37-31-25-21-22-27-33-39-45-54(57)60-48-52(61-55(58)46-40-34-28-20-16-18-24-30-36-42-50(4)5)47-59-53(56)44-38-32-26-19-15-13-11-9-8-10-12-14-17-23-29-35-41-49(2)3/h49-52H,7-48H2,1-6H3/t51?,52-/m0/s1. The van der Waals surface area contributed by atoms with Crippen LogP contribution in [0.1, 0.15) is 298 Å². The fourth-order valence-corrected chi connectivity index (χ4v) is 8.26. The van der Waals surface area contributed by atoms with Crippen molar-refractivity contribution in [3.8, 4) is 0 Å². The first-order valence-corrected chi connectivity index (χ1v) is 27.1. The molecule has 1 unspecified atom stereocenters. The summed E-state index contributed by atoms with van der Waals surface area (Å²) in [6.07, 6.45) is 46.6. The molecule has 0 bridgehead atoms. The molecule has 0 rings (SSSR count). The largest absolute Gasteiger partial charge is 0.462 e. The third-order valence-corrected chi connectivity index (χ3v) is 12.8. The molecule has 6 heteroatoms. The van der Waals surface area contributed by atoms with Crippen molar-refractivity contribution in [2.75, 3.05) is 13.2 Å². The first-order valence-electron chi connectivity index (χ1n) is 27.1. The van der Waals surface area contributed by atoms with Crippen molar-refractivity contribution in [2.45, 2.75) is 304 Å². The zero-order valence-electron chi connectivity index (χ0n) is 42.0. The average molecular weight is 863 g/mol. The molecule has 0 aliphatic rings. The number of rotatable bonds is 48. The Morgan fingerprint density at radius 3 is 0.852 bits per heavy atom. The molecule has 0 aromatic rings. The van der Waals surface area contributed by atoms with Gasteiger partial charge in [-0.3, -0.25) is 14.4 Å². The smallest absolute Gasteiger partial charge is 0.306 e. The van der Waals surface area contributed by atoms with Gasteiger partial charge in [-0.05, 0) is 37.0 Å². The van der Waals surface area contributed by atoms with E-state index >= 15 is 0 Å². The minimum absolute atomic E-state index is 0.0647. The van der Waals surface area contributed by atoms with Gasteiger partial charge in [-0.2, -0.15) is 0 Å². The zero-order chi connectivity index (χ0) is 44.9. The van der Waals surface area contributed by atoms with Gasteiger partial charge in [0, 0.05) is 19.3 Å². The van der Waals surface area contributed by atoms with Crippen molar-refractivity contribution < 1.29 is 28.6 Å². The van der Waals surface area contributed by atoms with Crippen molar-refractivity contribution >= 4 is 17.9 Å². The second-order valence-corrected chi connectivity index (χ2v) is 20.1. The van der Waals surface area contributed by atoms with E-state index in [0.29, 0.717) is 19.3 Å². The predicted octanol–water partition coefficient (Wildman–Crippen LogP) is 17.6. The third-order valence-electron chi connectivity index (χ3n) is 12.8. The molecule has 362 valence electrons. The second kappa shape index (κ2) is 46.4. The summed E-state index contributed by atoms with van der Waals surface area (Å²) >= 11 is 0. The molecule has 2 atom stereocenters. The van der Waals surface area contributed by atoms with E-state index in [0.717, 1.165) is 75.5 Å². The second-order valence-electron chi connectivity index (χ2n) is 20.1. The molecule has 0 N–H and O–H groups in total. The molecule has 0 aromatic carbocycles. The van der Waals surface area contributed by atoms with Gasteiger partial charge in [0.1, 0.15) is 13.2 Å². The lowest BCUT2D eigenvalue weighted by Crippen LogP contribution is -2.30. The SMILES string of the molecule is CCC(C)CCCCCCCCCCC(=O)OC[C@H](COC(=O)CCCCCCCCCCCCCCCCCCC(C)C)OC(=O)CCCCCCCCCCCC(C)C. The van der Waals surface area contributed by atoms with Gasteiger partial charge in [-0.15, -0.1) is 0 Å². The minimum Gasteiger partial charge on any atom is -0.462 e. The molecule has 0 amide bonds. The van der Waals surface area contributed by atoms with E-state index in [9.17, 15) is 14.4 Å². The number of unbranched alkanes of at least 4 members (excludes halogenated alkanes) is 30. The predicted molar refractivity (Wildman–Crippen MR) is 261 cm³/mol. The fraction of sp³-hybridized carbons (Fsp3) is 0.945. The number of ether oxygens (including phenoxy) is 3. The Hall–Kier alpha value is -1.59. The van der Waals surface area contributed by atoms with Crippen molar-refractivity contribution in [1.29, 1.82) is 0 Å². The van der Waals surface area contributed by atoms with Crippen LogP contribution in [0.25, 0.3) is 0 Å². The van der Waals surface area contributed by atoms with E-state index in [1.807, 2.05) is 0 Å². The summed E-state index contributed by atoms with van der Waals surface area (Å²) < 4.78 is 16.8. The van der Waals surface area contributed by atoms with Gasteiger partial charge in [0.05, 0.1) is 0 Å². The summed E-state index contributed by atoms with van der Waals surface area (Å²) in [6.45, 7) is 13.7. The molecule has 6 nitrogen and oxygen atoms in total. The summed E-state index contributed by atoms with van der Waals surface area (Å²) in [5.41, 5.74) is 0. The maximum Gasteiger partial charge on any atom is 0.306 e. The van der Waals surface area contributed by atoms with E-state index in [1.165, 1.54) is 180 Å². The summed E-state index contributed by atoms with van der Waals surface area (Å²) in [5, 5.41) is 0. The molecule has 61 heavy (non-hydrogen) atoms. The highest BCUT2D eigenvalue weighted by Crippen LogP contribution is 2.18. The van der Waals surface area contributed by atoms with Crippen LogP contribution >= 0.6 is 0 Å². The lowest BCUT2D eigenvalue weighted by molar-refractivity contribution is -0.167. The Kier molecular flexibility index (Phi) is 45.2. The summed E-state index contributed by atoms with van der Waals surface area (Å²) in [4.78, 5) is 38.0. The highest BCUT2D eigenvalue weighted by molar-refractivity contribution is 5.71. The molecular weight excluding hydrogens is 757 g/mol. The highest BCUT2D eigenvalue weighted by Gasteiger charge is 2.19. The molecule has 0 aliphatic carbocycles. The van der Waals surface area contributed by atoms with Gasteiger partial charge in [0.15, 0.2) is 6.10 Å². The molecule has 0 spiro atoms.